The minimum Gasteiger partial charge on any atom is -0.481 e. The number of nitrogens with two attached hydrogens (primary N) is 1. The van der Waals surface area contributed by atoms with Gasteiger partial charge < -0.3 is 50.8 Å². The Hall–Kier alpha value is -4.67. The van der Waals surface area contributed by atoms with Crippen LogP contribution in [0.3, 0.4) is 0 Å². The largest absolute Gasteiger partial charge is 0.481 e. The first-order valence-electron chi connectivity index (χ1n) is 26.4. The molecule has 8 N–H and O–H groups in total. The number of carboxylic acid groups (broad SMARTS) is 1. The highest BCUT2D eigenvalue weighted by Crippen LogP contribution is 2.24. The number of aliphatic hydroxyl groups is 1. The van der Waals surface area contributed by atoms with Gasteiger partial charge in [0.2, 0.25) is 23.6 Å². The van der Waals surface area contributed by atoms with Gasteiger partial charge in [-0.05, 0) is 107 Å². The molecule has 4 amide bonds. The Morgan fingerprint density at radius 2 is 0.961 bits per heavy atom. The van der Waals surface area contributed by atoms with Gasteiger partial charge in [0.1, 0.15) is 25.9 Å². The predicted molar refractivity (Wildman–Crippen MR) is 301 cm³/mol. The average Bonchev–Trinajstić information content (AvgIpc) is 3.33. The van der Waals surface area contributed by atoms with E-state index in [1.54, 1.807) is 62.5 Å². The van der Waals surface area contributed by atoms with Crippen molar-refractivity contribution in [3.8, 4) is 0 Å². The molecule has 456 valence electrons. The Morgan fingerprint density at radius 1 is 0.597 bits per heavy atom. The Balaban J connectivity index is -0.000000201. The first kappa shape index (κ1) is 83.6. The quantitative estimate of drug-likeness (QED) is 0.0102. The second-order valence-corrected chi connectivity index (χ2v) is 24.0. The number of carbonyl (C=O) groups excluding carboxylic acids is 7. The third-order valence-corrected chi connectivity index (χ3v) is 13.8. The summed E-state index contributed by atoms with van der Waals surface area (Å²) in [7, 11) is -2.51. The predicted octanol–water partition coefficient (Wildman–Crippen LogP) is 7.95. The number of carbonyl (C=O) groups is 8. The van der Waals surface area contributed by atoms with Gasteiger partial charge in [0.05, 0.1) is 40.8 Å². The molecule has 0 radical (unpaired) electrons. The van der Waals surface area contributed by atoms with Crippen molar-refractivity contribution in [2.24, 2.45) is 44.6 Å². The molecule has 0 saturated heterocycles. The second kappa shape index (κ2) is 40.5. The lowest BCUT2D eigenvalue weighted by atomic mass is 9.88. The van der Waals surface area contributed by atoms with Crippen molar-refractivity contribution >= 4 is 57.6 Å². The molecule has 77 heavy (non-hydrogen) atoms. The molecule has 0 fully saturated rings. The summed E-state index contributed by atoms with van der Waals surface area (Å²) in [6.07, 6.45) is 4.18. The van der Waals surface area contributed by atoms with Gasteiger partial charge in [-0.1, -0.05) is 96.6 Å². The number of rotatable bonds is 27. The molecule has 3 atom stereocenters. The van der Waals surface area contributed by atoms with Crippen molar-refractivity contribution in [3.05, 3.63) is 12.2 Å². The van der Waals surface area contributed by atoms with Crippen molar-refractivity contribution in [2.75, 3.05) is 46.0 Å². The summed E-state index contributed by atoms with van der Waals surface area (Å²) in [5, 5.41) is 25.9. The maximum atomic E-state index is 11.8. The molecule has 21 nitrogen and oxygen atoms in total. The molecule has 0 spiro atoms. The molecule has 0 aliphatic heterocycles. The fourth-order valence-electron chi connectivity index (χ4n) is 3.80. The average molecular weight is 1130 g/mol. The van der Waals surface area contributed by atoms with Crippen LogP contribution in [0.5, 0.6) is 0 Å². The highest BCUT2D eigenvalue weighted by molar-refractivity contribution is 7.85. The molecule has 0 saturated carbocycles. The van der Waals surface area contributed by atoms with E-state index in [1.807, 2.05) is 90.0 Å². The summed E-state index contributed by atoms with van der Waals surface area (Å²) >= 11 is 0. The number of hydrogen-bond acceptors (Lipinski definition) is 15. The lowest BCUT2D eigenvalue weighted by molar-refractivity contribution is -0.159. The van der Waals surface area contributed by atoms with Crippen LogP contribution in [0.1, 0.15) is 197 Å². The van der Waals surface area contributed by atoms with Crippen LogP contribution in [0.4, 0.5) is 0 Å². The van der Waals surface area contributed by atoms with Gasteiger partial charge in [-0.25, -0.2) is 4.79 Å². The Kier molecular flexibility index (Phi) is 44.0. The highest BCUT2D eigenvalue weighted by atomic mass is 32.2. The molecule has 22 heteroatoms. The summed E-state index contributed by atoms with van der Waals surface area (Å²) in [6, 6.07) is 0. The molecule has 0 bridgehead atoms. The summed E-state index contributed by atoms with van der Waals surface area (Å²) in [5.41, 5.74) is 1.97. The number of amides is 4. The lowest BCUT2D eigenvalue weighted by Crippen LogP contribution is -2.52. The van der Waals surface area contributed by atoms with Crippen molar-refractivity contribution < 1.29 is 80.5 Å². The minimum absolute atomic E-state index is 0.00509. The molecule has 3 unspecified atom stereocenters. The fraction of sp³-hybridized carbons (Fsp3) is 0.818. The number of carboxylic acids is 1. The molecule has 0 aromatic carbocycles. The highest BCUT2D eigenvalue weighted by Gasteiger charge is 2.33. The van der Waals surface area contributed by atoms with Crippen LogP contribution in [0.25, 0.3) is 0 Å². The zero-order valence-electron chi connectivity index (χ0n) is 51.7. The normalized spacial score (nSPS) is 12.7. The van der Waals surface area contributed by atoms with E-state index >= 15 is 0 Å². The summed E-state index contributed by atoms with van der Waals surface area (Å²) in [6.45, 7) is 43.9. The Bertz CT molecular complexity index is 1850. The third kappa shape index (κ3) is 43.9. The van der Waals surface area contributed by atoms with Gasteiger partial charge in [-0.3, -0.25) is 38.1 Å². The zero-order chi connectivity index (χ0) is 62.6. The molecule has 0 rings (SSSR count). The molecule has 0 aliphatic carbocycles. The van der Waals surface area contributed by atoms with E-state index in [0.717, 1.165) is 25.7 Å². The van der Waals surface area contributed by atoms with Gasteiger partial charge in [-0.15, -0.1) is 0 Å². The van der Waals surface area contributed by atoms with Crippen LogP contribution in [0.2, 0.25) is 0 Å². The number of esters is 3. The number of hydrogen-bond donors (Lipinski definition) is 7. The van der Waals surface area contributed by atoms with Crippen molar-refractivity contribution in [3.63, 3.8) is 0 Å². The first-order valence-corrected chi connectivity index (χ1v) is 28.0. The van der Waals surface area contributed by atoms with E-state index in [0.29, 0.717) is 32.5 Å². The van der Waals surface area contributed by atoms with Crippen LogP contribution in [-0.4, -0.2) is 128 Å². The van der Waals surface area contributed by atoms with Gasteiger partial charge >= 0.3 is 23.9 Å². The van der Waals surface area contributed by atoms with Crippen LogP contribution in [0.15, 0.2) is 12.2 Å². The molecular formula is C55H108N4O17S. The minimum atomic E-state index is -4.09. The summed E-state index contributed by atoms with van der Waals surface area (Å²) < 4.78 is 49.7. The summed E-state index contributed by atoms with van der Waals surface area (Å²) in [4.78, 5) is 89.1. The van der Waals surface area contributed by atoms with E-state index in [4.69, 9.17) is 34.3 Å². The topological polar surface area (TPSA) is 330 Å². The number of aliphatic hydroxyl groups excluding tert-OH is 1. The van der Waals surface area contributed by atoms with Crippen molar-refractivity contribution in [2.45, 2.75) is 209 Å². The number of nitrogens with one attached hydrogen (secondary N) is 3. The monoisotopic (exact) mass is 1130 g/mol. The van der Waals surface area contributed by atoms with E-state index in [-0.39, 0.29) is 83.7 Å². The molecule has 0 heterocycles. The van der Waals surface area contributed by atoms with Crippen LogP contribution < -0.4 is 21.7 Å². The van der Waals surface area contributed by atoms with Gasteiger partial charge in [0.15, 0.2) is 0 Å². The lowest BCUT2D eigenvalue weighted by Gasteiger charge is -2.30. The number of ether oxygens (including phenoxy) is 4. The summed E-state index contributed by atoms with van der Waals surface area (Å²) in [5.74, 6) is -2.78. The Morgan fingerprint density at radius 3 is 1.23 bits per heavy atom. The first-order chi connectivity index (χ1) is 34.7. The van der Waals surface area contributed by atoms with Gasteiger partial charge in [0.25, 0.3) is 10.1 Å². The number of primary amides is 1. The molecule has 0 aliphatic rings. The second-order valence-electron chi connectivity index (χ2n) is 22.6. The maximum Gasteiger partial charge on any atom is 0.333 e. The number of aliphatic carboxylic acids is 1. The van der Waals surface area contributed by atoms with E-state index in [1.165, 1.54) is 6.92 Å². The van der Waals surface area contributed by atoms with Crippen molar-refractivity contribution in [1.82, 2.24) is 16.0 Å². The van der Waals surface area contributed by atoms with E-state index in [9.17, 15) is 51.9 Å². The van der Waals surface area contributed by atoms with Gasteiger partial charge in [0, 0.05) is 35.3 Å². The maximum absolute atomic E-state index is 11.8. The van der Waals surface area contributed by atoms with Crippen LogP contribution in [-0.2, 0) is 67.4 Å². The van der Waals surface area contributed by atoms with E-state index in [2.05, 4.69) is 22.5 Å². The van der Waals surface area contributed by atoms with Crippen LogP contribution in [0, 0.1) is 38.9 Å². The van der Waals surface area contributed by atoms with E-state index < -0.39 is 55.7 Å². The Labute approximate surface area is 464 Å². The number of methoxy groups -OCH3 is 1. The zero-order valence-corrected chi connectivity index (χ0v) is 52.5. The smallest absolute Gasteiger partial charge is 0.333 e. The molecular weight excluding hydrogens is 1020 g/mol. The van der Waals surface area contributed by atoms with Crippen LogP contribution >= 0.6 is 0 Å². The molecule has 0 aromatic rings. The standard InChI is InChI=1S/C13H22O5.C11H22N2O2.C10H21NO4S.C9H18O3.C6H13NO.C6H12O2/c1-6-13(4,5)12(16)18-8-10(14)7-17-11(15)9(2)3;1-5-8(3)10(14)12-7-13-11(15)9(4)6-2;1-6-9(2,3)8(12)11-10(4,5)7-16(13,14)15;1-5-9(2,3)8(10)12-7-6-11-4;2*1-4-6(2,3)5(7)8/h10,14H,2,6-8H2,1,3-5H3;8-9H,5-7H2,1-4H3,(H,12,14)(H,13,15);6-7H2,1-5H3,(H,11,12)(H,13,14,15);5-7H2,1-4H3;4H2,1-3H3,(H2,7,8);4H2,1-3H3,(H,7,8). The van der Waals surface area contributed by atoms with Crippen molar-refractivity contribution in [1.29, 1.82) is 0 Å². The molecule has 0 aromatic heterocycles. The van der Waals surface area contributed by atoms with Gasteiger partial charge in [-0.2, -0.15) is 8.42 Å². The third-order valence-electron chi connectivity index (χ3n) is 12.7. The SMILES string of the molecule is C=C(C)C(=O)OCC(O)COC(=O)C(C)(C)CC.CCC(C)(C)C(=O)NC(C)(C)CS(=O)(=O)O.CCC(C)(C)C(=O)O.CCC(C)(C)C(=O)OCCOC.CCC(C)(C)C(N)=O.CCC(C)C(=O)NCNC(=O)C(C)CC. The fourth-order valence-corrected chi connectivity index (χ4v) is 4.79.